The van der Waals surface area contributed by atoms with E-state index in [1.807, 2.05) is 23.1 Å². The molecule has 0 unspecified atom stereocenters. The molecule has 0 saturated carbocycles. The third-order valence-electron chi connectivity index (χ3n) is 4.72. The quantitative estimate of drug-likeness (QED) is 0.823. The summed E-state index contributed by atoms with van der Waals surface area (Å²) in [5.41, 5.74) is 10.8. The average Bonchev–Trinajstić information content (AvgIpc) is 3.07. The largest absolute Gasteiger partial charge is 0.338 e. The zero-order chi connectivity index (χ0) is 16.8. The maximum Gasteiger partial charge on any atom is 0.227 e. The number of nitrogens with zero attached hydrogens (tertiary/aromatic N) is 1. The lowest BCUT2D eigenvalue weighted by Gasteiger charge is -2.23. The summed E-state index contributed by atoms with van der Waals surface area (Å²) in [6, 6.07) is 16.7. The summed E-state index contributed by atoms with van der Waals surface area (Å²) in [5, 5.41) is 0. The Labute approximate surface area is 156 Å². The molecule has 0 fully saturated rings. The van der Waals surface area contributed by atoms with Crippen molar-refractivity contribution >= 4 is 18.3 Å². The maximum absolute atomic E-state index is 12.8. The molecule has 0 radical (unpaired) electrons. The average molecular weight is 359 g/mol. The Morgan fingerprint density at radius 1 is 1.00 bits per heavy atom. The number of aryl methyl sites for hydroxylation is 2. The van der Waals surface area contributed by atoms with Gasteiger partial charge in [0, 0.05) is 13.1 Å². The molecular formula is C21H27ClN2O. The molecule has 0 saturated heterocycles. The summed E-state index contributed by atoms with van der Waals surface area (Å²) >= 11 is 0. The van der Waals surface area contributed by atoms with Gasteiger partial charge in [-0.1, -0.05) is 48.5 Å². The maximum atomic E-state index is 12.8. The summed E-state index contributed by atoms with van der Waals surface area (Å²) in [6.45, 7) is 1.98. The van der Waals surface area contributed by atoms with Gasteiger partial charge in [0.05, 0.1) is 6.42 Å². The van der Waals surface area contributed by atoms with Crippen molar-refractivity contribution in [3.63, 3.8) is 0 Å². The number of benzene rings is 2. The van der Waals surface area contributed by atoms with Crippen LogP contribution in [0.1, 0.15) is 35.1 Å². The molecule has 0 aliphatic heterocycles. The number of nitrogens with two attached hydrogens (primary N) is 1. The van der Waals surface area contributed by atoms with E-state index in [0.29, 0.717) is 19.5 Å². The molecule has 0 heterocycles. The summed E-state index contributed by atoms with van der Waals surface area (Å²) in [7, 11) is 0. The molecule has 3 nitrogen and oxygen atoms in total. The molecule has 1 aliphatic carbocycles. The van der Waals surface area contributed by atoms with E-state index in [2.05, 4.69) is 30.3 Å². The van der Waals surface area contributed by atoms with Gasteiger partial charge < -0.3 is 10.6 Å². The molecule has 0 spiro atoms. The van der Waals surface area contributed by atoms with Gasteiger partial charge in [-0.3, -0.25) is 4.79 Å². The minimum Gasteiger partial charge on any atom is -0.338 e. The highest BCUT2D eigenvalue weighted by Crippen LogP contribution is 2.23. The molecule has 1 aliphatic rings. The van der Waals surface area contributed by atoms with Crippen LogP contribution in [0.2, 0.25) is 0 Å². The molecule has 1 amide bonds. The Bertz CT molecular complexity index is 688. The molecule has 0 atom stereocenters. The van der Waals surface area contributed by atoms with E-state index < -0.39 is 0 Å². The SMILES string of the molecule is Cl.NCCCN(Cc1ccccc1)C(=O)Cc1ccc2c(c1)CCC2. The number of hydrogen-bond acceptors (Lipinski definition) is 2. The van der Waals surface area contributed by atoms with Crippen LogP contribution in [0.5, 0.6) is 0 Å². The lowest BCUT2D eigenvalue weighted by atomic mass is 10.0. The number of amides is 1. The third kappa shape index (κ3) is 5.32. The van der Waals surface area contributed by atoms with Crippen LogP contribution < -0.4 is 5.73 Å². The molecule has 2 aromatic carbocycles. The zero-order valence-electron chi connectivity index (χ0n) is 14.6. The molecule has 0 aromatic heterocycles. The van der Waals surface area contributed by atoms with Gasteiger partial charge in [-0.2, -0.15) is 0 Å². The van der Waals surface area contributed by atoms with Crippen molar-refractivity contribution in [2.45, 2.75) is 38.6 Å². The van der Waals surface area contributed by atoms with Gasteiger partial charge in [-0.05, 0) is 54.5 Å². The molecule has 25 heavy (non-hydrogen) atoms. The topological polar surface area (TPSA) is 46.3 Å². The second kappa shape index (κ2) is 9.59. The van der Waals surface area contributed by atoms with E-state index in [1.165, 1.54) is 24.0 Å². The molecule has 3 rings (SSSR count). The van der Waals surface area contributed by atoms with E-state index in [9.17, 15) is 4.79 Å². The van der Waals surface area contributed by atoms with Crippen molar-refractivity contribution in [3.05, 3.63) is 70.8 Å². The highest BCUT2D eigenvalue weighted by atomic mass is 35.5. The van der Waals surface area contributed by atoms with Crippen molar-refractivity contribution in [2.75, 3.05) is 13.1 Å². The van der Waals surface area contributed by atoms with Crippen molar-refractivity contribution in [1.29, 1.82) is 0 Å². The van der Waals surface area contributed by atoms with Crippen LogP contribution in [0, 0.1) is 0 Å². The van der Waals surface area contributed by atoms with Crippen molar-refractivity contribution in [2.24, 2.45) is 5.73 Å². The molecule has 0 bridgehead atoms. The zero-order valence-corrected chi connectivity index (χ0v) is 15.4. The Hall–Kier alpha value is -1.84. The van der Waals surface area contributed by atoms with E-state index in [-0.39, 0.29) is 18.3 Å². The first-order valence-electron chi connectivity index (χ1n) is 8.88. The molecule has 2 aromatic rings. The van der Waals surface area contributed by atoms with Gasteiger partial charge >= 0.3 is 0 Å². The van der Waals surface area contributed by atoms with Gasteiger partial charge in [0.1, 0.15) is 0 Å². The predicted octanol–water partition coefficient (Wildman–Crippen LogP) is 3.52. The van der Waals surface area contributed by atoms with Gasteiger partial charge in [-0.25, -0.2) is 0 Å². The van der Waals surface area contributed by atoms with E-state index in [4.69, 9.17) is 5.73 Å². The van der Waals surface area contributed by atoms with Crippen molar-refractivity contribution in [3.8, 4) is 0 Å². The van der Waals surface area contributed by atoms with Crippen LogP contribution >= 0.6 is 12.4 Å². The number of halogens is 1. The van der Waals surface area contributed by atoms with Crippen LogP contribution in [-0.4, -0.2) is 23.9 Å². The van der Waals surface area contributed by atoms with E-state index in [1.54, 1.807) is 0 Å². The van der Waals surface area contributed by atoms with Crippen LogP contribution in [0.4, 0.5) is 0 Å². The third-order valence-corrected chi connectivity index (χ3v) is 4.72. The Kier molecular flexibility index (Phi) is 7.48. The fraction of sp³-hybridized carbons (Fsp3) is 0.381. The van der Waals surface area contributed by atoms with Gasteiger partial charge in [-0.15, -0.1) is 12.4 Å². The Balaban J connectivity index is 0.00000225. The second-order valence-corrected chi connectivity index (χ2v) is 6.58. The van der Waals surface area contributed by atoms with Crippen LogP contribution in [0.3, 0.4) is 0 Å². The second-order valence-electron chi connectivity index (χ2n) is 6.58. The summed E-state index contributed by atoms with van der Waals surface area (Å²) in [4.78, 5) is 14.7. The highest BCUT2D eigenvalue weighted by Gasteiger charge is 2.16. The fourth-order valence-corrected chi connectivity index (χ4v) is 3.40. The van der Waals surface area contributed by atoms with Crippen LogP contribution in [-0.2, 0) is 30.6 Å². The first-order chi connectivity index (χ1) is 11.8. The van der Waals surface area contributed by atoms with Gasteiger partial charge in [0.25, 0.3) is 0 Å². The van der Waals surface area contributed by atoms with E-state index >= 15 is 0 Å². The molecule has 4 heteroatoms. The smallest absolute Gasteiger partial charge is 0.227 e. The minimum absolute atomic E-state index is 0. The number of carbonyl (C=O) groups excluding carboxylic acids is 1. The number of fused-ring (bicyclic) bond motifs is 1. The lowest BCUT2D eigenvalue weighted by molar-refractivity contribution is -0.131. The van der Waals surface area contributed by atoms with Crippen molar-refractivity contribution < 1.29 is 4.79 Å². The van der Waals surface area contributed by atoms with Crippen LogP contribution in [0.15, 0.2) is 48.5 Å². The minimum atomic E-state index is 0. The van der Waals surface area contributed by atoms with Gasteiger partial charge in [0.2, 0.25) is 5.91 Å². The normalized spacial score (nSPS) is 12.4. The fourth-order valence-electron chi connectivity index (χ4n) is 3.40. The first kappa shape index (κ1) is 19.5. The first-order valence-corrected chi connectivity index (χ1v) is 8.88. The Morgan fingerprint density at radius 3 is 2.52 bits per heavy atom. The summed E-state index contributed by atoms with van der Waals surface area (Å²) < 4.78 is 0. The van der Waals surface area contributed by atoms with Gasteiger partial charge in [0.15, 0.2) is 0 Å². The molecular weight excluding hydrogens is 332 g/mol. The monoisotopic (exact) mass is 358 g/mol. The number of rotatable bonds is 7. The summed E-state index contributed by atoms with van der Waals surface area (Å²) in [6.07, 6.45) is 4.88. The molecule has 134 valence electrons. The van der Waals surface area contributed by atoms with Crippen LogP contribution in [0.25, 0.3) is 0 Å². The lowest BCUT2D eigenvalue weighted by Crippen LogP contribution is -2.33. The van der Waals surface area contributed by atoms with Crippen molar-refractivity contribution in [1.82, 2.24) is 4.90 Å². The predicted molar refractivity (Wildman–Crippen MR) is 105 cm³/mol. The number of carbonyl (C=O) groups is 1. The molecule has 2 N–H and O–H groups in total. The Morgan fingerprint density at radius 2 is 1.76 bits per heavy atom. The highest BCUT2D eigenvalue weighted by molar-refractivity contribution is 5.85. The summed E-state index contributed by atoms with van der Waals surface area (Å²) in [5.74, 6) is 0.185. The van der Waals surface area contributed by atoms with E-state index in [0.717, 1.165) is 30.5 Å². The number of hydrogen-bond donors (Lipinski definition) is 1. The standard InChI is InChI=1S/C21H26N2O.ClH/c22-12-5-13-23(16-17-6-2-1-3-7-17)21(24)15-18-10-11-19-8-4-9-20(19)14-18;/h1-3,6-7,10-11,14H,4-5,8-9,12-13,15-16,22H2;1H.